The van der Waals surface area contributed by atoms with Gasteiger partial charge in [-0.3, -0.25) is 9.69 Å². The Morgan fingerprint density at radius 1 is 1.14 bits per heavy atom. The Morgan fingerprint density at radius 3 is 2.67 bits per heavy atom. The van der Waals surface area contributed by atoms with Crippen molar-refractivity contribution in [1.29, 1.82) is 0 Å². The van der Waals surface area contributed by atoms with E-state index in [1.54, 1.807) is 0 Å². The van der Waals surface area contributed by atoms with Gasteiger partial charge in [-0.2, -0.15) is 0 Å². The smallest absolute Gasteiger partial charge is 0.240 e. The average molecular weight is 288 g/mol. The van der Waals surface area contributed by atoms with E-state index in [0.29, 0.717) is 6.54 Å². The van der Waals surface area contributed by atoms with Crippen LogP contribution in [-0.2, 0) is 11.3 Å². The second-order valence-electron chi connectivity index (χ2n) is 6.19. The molecule has 1 amide bonds. The van der Waals surface area contributed by atoms with Crippen LogP contribution < -0.4 is 0 Å². The molecule has 2 atom stereocenters. The van der Waals surface area contributed by atoms with Crippen molar-refractivity contribution in [3.63, 3.8) is 0 Å². The van der Waals surface area contributed by atoms with Crippen LogP contribution in [0.3, 0.4) is 0 Å². The lowest BCUT2D eigenvalue weighted by Gasteiger charge is -2.34. The number of carbonyl (C=O) groups is 1. The highest BCUT2D eigenvalue weighted by Gasteiger charge is 2.35. The van der Waals surface area contributed by atoms with Crippen molar-refractivity contribution in [3.8, 4) is 0 Å². The molecule has 114 valence electrons. The summed E-state index contributed by atoms with van der Waals surface area (Å²) in [6.07, 6.45) is 3.42. The third-order valence-corrected chi connectivity index (χ3v) is 4.59. The average Bonchev–Trinajstić information content (AvgIpc) is 2.95. The van der Waals surface area contributed by atoms with Gasteiger partial charge in [0.1, 0.15) is 0 Å². The molecule has 1 N–H and O–H groups in total. The summed E-state index contributed by atoms with van der Waals surface area (Å²) in [5.74, 6) is 0.210. The van der Waals surface area contributed by atoms with E-state index in [2.05, 4.69) is 17.0 Å². The second kappa shape index (κ2) is 6.58. The van der Waals surface area contributed by atoms with Crippen molar-refractivity contribution in [2.75, 3.05) is 19.6 Å². The van der Waals surface area contributed by atoms with E-state index in [0.717, 1.165) is 45.3 Å². The van der Waals surface area contributed by atoms with Gasteiger partial charge in [-0.1, -0.05) is 30.3 Å². The number of piperidine rings is 1. The molecule has 1 aromatic carbocycles. The summed E-state index contributed by atoms with van der Waals surface area (Å²) in [6, 6.07) is 10.3. The highest BCUT2D eigenvalue weighted by atomic mass is 16.3. The number of likely N-dealkylation sites (tertiary alicyclic amines) is 2. The van der Waals surface area contributed by atoms with Gasteiger partial charge in [-0.15, -0.1) is 0 Å². The van der Waals surface area contributed by atoms with Crippen LogP contribution in [0.25, 0.3) is 0 Å². The molecule has 2 fully saturated rings. The first kappa shape index (κ1) is 14.5. The van der Waals surface area contributed by atoms with Crippen LogP contribution in [0.15, 0.2) is 30.3 Å². The number of hydrogen-bond acceptors (Lipinski definition) is 3. The lowest BCUT2D eigenvalue weighted by atomic mass is 10.1. The Hall–Kier alpha value is -1.39. The molecular formula is C17H24N2O2. The maximum absolute atomic E-state index is 12.7. The van der Waals surface area contributed by atoms with Crippen molar-refractivity contribution in [2.24, 2.45) is 0 Å². The molecule has 3 rings (SSSR count). The lowest BCUT2D eigenvalue weighted by molar-refractivity contribution is -0.139. The van der Waals surface area contributed by atoms with Crippen LogP contribution in [0.1, 0.15) is 31.2 Å². The third-order valence-electron chi connectivity index (χ3n) is 4.59. The molecule has 0 saturated carbocycles. The Labute approximate surface area is 126 Å². The predicted molar refractivity (Wildman–Crippen MR) is 81.7 cm³/mol. The predicted octanol–water partition coefficient (Wildman–Crippen LogP) is 1.63. The number of aliphatic hydroxyl groups excluding tert-OH is 1. The Bertz CT molecular complexity index is 477. The fourth-order valence-electron chi connectivity index (χ4n) is 3.48. The zero-order chi connectivity index (χ0) is 14.7. The van der Waals surface area contributed by atoms with E-state index in [1.165, 1.54) is 5.56 Å². The monoisotopic (exact) mass is 288 g/mol. The molecule has 0 aliphatic carbocycles. The molecular weight excluding hydrogens is 264 g/mol. The summed E-state index contributed by atoms with van der Waals surface area (Å²) in [5.41, 5.74) is 1.26. The topological polar surface area (TPSA) is 43.8 Å². The summed E-state index contributed by atoms with van der Waals surface area (Å²) >= 11 is 0. The number of benzene rings is 1. The van der Waals surface area contributed by atoms with Gasteiger partial charge in [0, 0.05) is 19.6 Å². The number of nitrogens with zero attached hydrogens (tertiary/aromatic N) is 2. The summed E-state index contributed by atoms with van der Waals surface area (Å²) in [4.78, 5) is 16.9. The molecule has 0 bridgehead atoms. The Balaban J connectivity index is 1.64. The largest absolute Gasteiger partial charge is 0.391 e. The standard InChI is InChI=1S/C17H24N2O2/c20-15-8-4-11-19(13-15)17(21)16-9-5-10-18(16)12-14-6-2-1-3-7-14/h1-3,6-7,15-16,20H,4-5,8-13H2. The fraction of sp³-hybridized carbons (Fsp3) is 0.588. The molecule has 4 heteroatoms. The van der Waals surface area contributed by atoms with Crippen LogP contribution in [0.2, 0.25) is 0 Å². The van der Waals surface area contributed by atoms with Gasteiger partial charge in [0.15, 0.2) is 0 Å². The van der Waals surface area contributed by atoms with E-state index in [-0.39, 0.29) is 18.1 Å². The van der Waals surface area contributed by atoms with Crippen molar-refractivity contribution < 1.29 is 9.90 Å². The number of amides is 1. The van der Waals surface area contributed by atoms with Crippen molar-refractivity contribution in [1.82, 2.24) is 9.80 Å². The van der Waals surface area contributed by atoms with E-state index in [4.69, 9.17) is 0 Å². The number of rotatable bonds is 3. The quantitative estimate of drug-likeness (QED) is 0.919. The number of hydrogen-bond donors (Lipinski definition) is 1. The molecule has 2 unspecified atom stereocenters. The molecule has 21 heavy (non-hydrogen) atoms. The normalized spacial score (nSPS) is 27.0. The van der Waals surface area contributed by atoms with E-state index >= 15 is 0 Å². The summed E-state index contributed by atoms with van der Waals surface area (Å²) < 4.78 is 0. The van der Waals surface area contributed by atoms with Gasteiger partial charge in [-0.25, -0.2) is 0 Å². The fourth-order valence-corrected chi connectivity index (χ4v) is 3.48. The van der Waals surface area contributed by atoms with E-state index in [9.17, 15) is 9.90 Å². The first-order valence-electron chi connectivity index (χ1n) is 7.99. The molecule has 2 saturated heterocycles. The van der Waals surface area contributed by atoms with Gasteiger partial charge in [0.05, 0.1) is 12.1 Å². The zero-order valence-corrected chi connectivity index (χ0v) is 12.4. The molecule has 2 aliphatic rings. The highest BCUT2D eigenvalue weighted by molar-refractivity contribution is 5.82. The van der Waals surface area contributed by atoms with E-state index < -0.39 is 0 Å². The third kappa shape index (κ3) is 3.44. The van der Waals surface area contributed by atoms with Crippen LogP contribution in [0.5, 0.6) is 0 Å². The molecule has 0 radical (unpaired) electrons. The lowest BCUT2D eigenvalue weighted by Crippen LogP contribution is -2.50. The van der Waals surface area contributed by atoms with Crippen molar-refractivity contribution in [2.45, 2.75) is 44.4 Å². The summed E-state index contributed by atoms with van der Waals surface area (Å²) in [5, 5.41) is 9.76. The minimum absolute atomic E-state index is 0.00416. The second-order valence-corrected chi connectivity index (χ2v) is 6.19. The maximum Gasteiger partial charge on any atom is 0.240 e. The molecule has 1 aromatic rings. The minimum atomic E-state index is -0.341. The molecule has 0 aromatic heterocycles. The van der Waals surface area contributed by atoms with Crippen LogP contribution >= 0.6 is 0 Å². The number of carbonyl (C=O) groups excluding carboxylic acids is 1. The highest BCUT2D eigenvalue weighted by Crippen LogP contribution is 2.23. The van der Waals surface area contributed by atoms with E-state index in [1.807, 2.05) is 23.1 Å². The number of β-amino-alcohol motifs (C(OH)–C–C–N with tert-alkyl or cyclic N) is 1. The minimum Gasteiger partial charge on any atom is -0.391 e. The molecule has 4 nitrogen and oxygen atoms in total. The Kier molecular flexibility index (Phi) is 4.56. The van der Waals surface area contributed by atoms with Crippen LogP contribution in [0, 0.1) is 0 Å². The van der Waals surface area contributed by atoms with Crippen LogP contribution in [0.4, 0.5) is 0 Å². The molecule has 2 heterocycles. The van der Waals surface area contributed by atoms with Crippen LogP contribution in [-0.4, -0.2) is 52.6 Å². The molecule has 2 aliphatic heterocycles. The van der Waals surface area contributed by atoms with Gasteiger partial charge in [0.2, 0.25) is 5.91 Å². The number of aliphatic hydroxyl groups is 1. The van der Waals surface area contributed by atoms with Gasteiger partial charge in [0.25, 0.3) is 0 Å². The summed E-state index contributed by atoms with van der Waals surface area (Å²) in [6.45, 7) is 3.13. The molecule has 0 spiro atoms. The SMILES string of the molecule is O=C(C1CCCN1Cc1ccccc1)N1CCCC(O)C1. The maximum atomic E-state index is 12.7. The van der Waals surface area contributed by atoms with Gasteiger partial charge >= 0.3 is 0 Å². The van der Waals surface area contributed by atoms with Crippen molar-refractivity contribution in [3.05, 3.63) is 35.9 Å². The first-order valence-corrected chi connectivity index (χ1v) is 7.99. The zero-order valence-electron chi connectivity index (χ0n) is 12.4. The first-order chi connectivity index (χ1) is 10.2. The van der Waals surface area contributed by atoms with Gasteiger partial charge in [-0.05, 0) is 37.8 Å². The van der Waals surface area contributed by atoms with Crippen molar-refractivity contribution >= 4 is 5.91 Å². The van der Waals surface area contributed by atoms with Gasteiger partial charge < -0.3 is 10.0 Å². The summed E-state index contributed by atoms with van der Waals surface area (Å²) in [7, 11) is 0. The Morgan fingerprint density at radius 2 is 1.90 bits per heavy atom.